The van der Waals surface area contributed by atoms with Crippen molar-refractivity contribution in [2.45, 2.75) is 26.7 Å². The molecule has 33 heavy (non-hydrogen) atoms. The highest BCUT2D eigenvalue weighted by Crippen LogP contribution is 2.26. The van der Waals surface area contributed by atoms with Crippen LogP contribution >= 0.6 is 0 Å². The SMILES string of the molecule is CCOc1ccccc1OCC(=O)NNC(=O)CCc1c(C)c2ccc(OC)cc2oc1=O. The van der Waals surface area contributed by atoms with Crippen molar-refractivity contribution in [2.24, 2.45) is 0 Å². The fraction of sp³-hybridized carbons (Fsp3) is 0.292. The van der Waals surface area contributed by atoms with Crippen LogP contribution in [0.25, 0.3) is 11.0 Å². The molecule has 0 aliphatic rings. The van der Waals surface area contributed by atoms with Crippen LogP contribution in [0.15, 0.2) is 51.7 Å². The van der Waals surface area contributed by atoms with E-state index < -0.39 is 17.4 Å². The summed E-state index contributed by atoms with van der Waals surface area (Å²) in [5.41, 5.74) is 5.67. The monoisotopic (exact) mass is 454 g/mol. The van der Waals surface area contributed by atoms with Gasteiger partial charge in [-0.3, -0.25) is 20.4 Å². The molecular weight excluding hydrogens is 428 g/mol. The zero-order chi connectivity index (χ0) is 23.8. The Bertz CT molecular complexity index is 1200. The number of hydrogen-bond acceptors (Lipinski definition) is 7. The largest absolute Gasteiger partial charge is 0.497 e. The number of amides is 2. The fourth-order valence-electron chi connectivity index (χ4n) is 3.25. The van der Waals surface area contributed by atoms with E-state index in [1.165, 1.54) is 7.11 Å². The Kier molecular flexibility index (Phi) is 7.91. The molecule has 3 rings (SSSR count). The number of ether oxygens (including phenoxy) is 3. The summed E-state index contributed by atoms with van der Waals surface area (Å²) in [6, 6.07) is 12.2. The van der Waals surface area contributed by atoms with Crippen molar-refractivity contribution < 1.29 is 28.2 Å². The highest BCUT2D eigenvalue weighted by atomic mass is 16.5. The van der Waals surface area contributed by atoms with Gasteiger partial charge in [0.05, 0.1) is 13.7 Å². The predicted octanol–water partition coefficient (Wildman–Crippen LogP) is 2.67. The minimum absolute atomic E-state index is 0.0123. The molecule has 3 aromatic rings. The first-order valence-corrected chi connectivity index (χ1v) is 10.5. The molecule has 1 aromatic heterocycles. The molecule has 0 atom stereocenters. The predicted molar refractivity (Wildman–Crippen MR) is 121 cm³/mol. The van der Waals surface area contributed by atoms with Gasteiger partial charge in [-0.2, -0.15) is 0 Å². The van der Waals surface area contributed by atoms with Gasteiger partial charge >= 0.3 is 5.63 Å². The molecule has 0 saturated heterocycles. The summed E-state index contributed by atoms with van der Waals surface area (Å²) in [6.45, 7) is 3.81. The zero-order valence-corrected chi connectivity index (χ0v) is 18.7. The van der Waals surface area contributed by atoms with Gasteiger partial charge < -0.3 is 18.6 Å². The molecule has 9 nitrogen and oxygen atoms in total. The number of fused-ring (bicyclic) bond motifs is 1. The topological polar surface area (TPSA) is 116 Å². The van der Waals surface area contributed by atoms with Gasteiger partial charge in [0.1, 0.15) is 11.3 Å². The van der Waals surface area contributed by atoms with Gasteiger partial charge in [0.15, 0.2) is 18.1 Å². The number of carbonyl (C=O) groups is 2. The molecule has 2 amide bonds. The quantitative estimate of drug-likeness (QED) is 0.377. The van der Waals surface area contributed by atoms with E-state index in [2.05, 4.69) is 10.9 Å². The average Bonchev–Trinajstić information content (AvgIpc) is 2.81. The summed E-state index contributed by atoms with van der Waals surface area (Å²) in [7, 11) is 1.53. The van der Waals surface area contributed by atoms with Gasteiger partial charge in [-0.1, -0.05) is 12.1 Å². The van der Waals surface area contributed by atoms with Crippen molar-refractivity contribution in [1.82, 2.24) is 10.9 Å². The summed E-state index contributed by atoms with van der Waals surface area (Å²) in [5.74, 6) is 0.548. The first-order valence-electron chi connectivity index (χ1n) is 10.5. The van der Waals surface area contributed by atoms with Crippen molar-refractivity contribution in [3.8, 4) is 17.2 Å². The normalized spacial score (nSPS) is 10.5. The Morgan fingerprint density at radius 1 is 1.00 bits per heavy atom. The van der Waals surface area contributed by atoms with Crippen molar-refractivity contribution in [1.29, 1.82) is 0 Å². The summed E-state index contributed by atoms with van der Waals surface area (Å²) < 4.78 is 21.4. The summed E-state index contributed by atoms with van der Waals surface area (Å²) in [4.78, 5) is 36.6. The number of hydrazine groups is 1. The van der Waals surface area contributed by atoms with Crippen LogP contribution in [0.4, 0.5) is 0 Å². The van der Waals surface area contributed by atoms with Gasteiger partial charge in [-0.15, -0.1) is 0 Å². The smallest absolute Gasteiger partial charge is 0.339 e. The second-order valence-corrected chi connectivity index (χ2v) is 7.12. The Hall–Kier alpha value is -4.01. The van der Waals surface area contributed by atoms with Gasteiger partial charge in [0.25, 0.3) is 5.91 Å². The van der Waals surface area contributed by atoms with Crippen molar-refractivity contribution >= 4 is 22.8 Å². The van der Waals surface area contributed by atoms with E-state index in [1.54, 1.807) is 49.4 Å². The third kappa shape index (κ3) is 6.03. The lowest BCUT2D eigenvalue weighted by Crippen LogP contribution is -2.44. The van der Waals surface area contributed by atoms with Crippen LogP contribution in [0.5, 0.6) is 17.2 Å². The second kappa shape index (κ2) is 11.0. The maximum Gasteiger partial charge on any atom is 0.339 e. The molecule has 9 heteroatoms. The number of hydrogen-bond donors (Lipinski definition) is 2. The first-order chi connectivity index (χ1) is 15.9. The third-order valence-electron chi connectivity index (χ3n) is 4.95. The van der Waals surface area contributed by atoms with Crippen LogP contribution in [0, 0.1) is 6.92 Å². The van der Waals surface area contributed by atoms with E-state index in [1.807, 2.05) is 6.92 Å². The molecule has 0 bridgehead atoms. The van der Waals surface area contributed by atoms with E-state index >= 15 is 0 Å². The molecular formula is C24H26N2O7. The number of nitrogens with one attached hydrogen (secondary N) is 2. The Morgan fingerprint density at radius 3 is 2.39 bits per heavy atom. The molecule has 0 aliphatic heterocycles. The maximum atomic E-state index is 12.4. The number of para-hydroxylation sites is 2. The van der Waals surface area contributed by atoms with E-state index in [0.717, 1.165) is 10.9 Å². The molecule has 1 heterocycles. The summed E-state index contributed by atoms with van der Waals surface area (Å²) >= 11 is 0. The van der Waals surface area contributed by atoms with Crippen molar-refractivity contribution in [3.05, 3.63) is 64.0 Å². The van der Waals surface area contributed by atoms with Crippen molar-refractivity contribution in [3.63, 3.8) is 0 Å². The first kappa shape index (κ1) is 23.6. The second-order valence-electron chi connectivity index (χ2n) is 7.12. The Balaban J connectivity index is 1.52. The number of benzene rings is 2. The van der Waals surface area contributed by atoms with Crippen LogP contribution in [0.2, 0.25) is 0 Å². The molecule has 0 saturated carbocycles. The van der Waals surface area contributed by atoms with Crippen LogP contribution in [0.3, 0.4) is 0 Å². The maximum absolute atomic E-state index is 12.4. The molecule has 0 spiro atoms. The Morgan fingerprint density at radius 2 is 1.70 bits per heavy atom. The molecule has 0 unspecified atom stereocenters. The molecule has 2 N–H and O–H groups in total. The van der Waals surface area contributed by atoms with Gasteiger partial charge in [0, 0.05) is 23.4 Å². The lowest BCUT2D eigenvalue weighted by molar-refractivity contribution is -0.130. The van der Waals surface area contributed by atoms with Gasteiger partial charge in [-0.25, -0.2) is 4.79 Å². The van der Waals surface area contributed by atoms with E-state index in [0.29, 0.717) is 35.0 Å². The number of methoxy groups -OCH3 is 1. The van der Waals surface area contributed by atoms with Crippen molar-refractivity contribution in [2.75, 3.05) is 20.3 Å². The molecule has 0 fully saturated rings. The van der Waals surface area contributed by atoms with E-state index in [-0.39, 0.29) is 19.4 Å². The molecule has 2 aromatic carbocycles. The Labute approximate surface area is 190 Å². The average molecular weight is 454 g/mol. The molecule has 174 valence electrons. The number of carbonyl (C=O) groups excluding carboxylic acids is 2. The zero-order valence-electron chi connectivity index (χ0n) is 18.7. The standard InChI is InChI=1S/C24H26N2O7/c1-4-31-19-7-5-6-8-20(19)32-14-23(28)26-25-22(27)12-11-18-15(2)17-10-9-16(30-3)13-21(17)33-24(18)29/h5-10,13H,4,11-12,14H2,1-3H3,(H,25,27)(H,26,28). The number of rotatable bonds is 9. The lowest BCUT2D eigenvalue weighted by Gasteiger charge is -2.12. The van der Waals surface area contributed by atoms with Gasteiger partial charge in [-0.05, 0) is 50.1 Å². The van der Waals surface area contributed by atoms with Crippen LogP contribution < -0.4 is 30.7 Å². The minimum atomic E-state index is -0.537. The van der Waals surface area contributed by atoms with Gasteiger partial charge in [0.2, 0.25) is 5.91 Å². The number of aryl methyl sites for hydroxylation is 1. The lowest BCUT2D eigenvalue weighted by atomic mass is 10.0. The van der Waals surface area contributed by atoms with Crippen LogP contribution in [-0.4, -0.2) is 32.1 Å². The fourth-order valence-corrected chi connectivity index (χ4v) is 3.25. The highest BCUT2D eigenvalue weighted by Gasteiger charge is 2.14. The van der Waals surface area contributed by atoms with Crippen LogP contribution in [0.1, 0.15) is 24.5 Å². The van der Waals surface area contributed by atoms with E-state index in [9.17, 15) is 14.4 Å². The van der Waals surface area contributed by atoms with Crippen LogP contribution in [-0.2, 0) is 16.0 Å². The molecule has 0 aliphatic carbocycles. The minimum Gasteiger partial charge on any atom is -0.497 e. The summed E-state index contributed by atoms with van der Waals surface area (Å²) in [5, 5.41) is 0.767. The highest BCUT2D eigenvalue weighted by molar-refractivity contribution is 5.84. The van der Waals surface area contributed by atoms with E-state index in [4.69, 9.17) is 18.6 Å². The molecule has 0 radical (unpaired) electrons. The summed E-state index contributed by atoms with van der Waals surface area (Å²) in [6.07, 6.45) is 0.150. The third-order valence-corrected chi connectivity index (χ3v) is 4.95.